The molecule has 1 aliphatic rings. The smallest absolute Gasteiger partial charge is 0.231 e. The number of para-hydroxylation sites is 2. The lowest BCUT2D eigenvalue weighted by atomic mass is 10.1. The fourth-order valence-electron chi connectivity index (χ4n) is 3.34. The number of ether oxygens (including phenoxy) is 2. The first-order valence-electron chi connectivity index (χ1n) is 9.35. The largest absolute Gasteiger partial charge is 0.489 e. The van der Waals surface area contributed by atoms with Crippen LogP contribution in [0, 0.1) is 0 Å². The molecule has 3 aromatic rings. The van der Waals surface area contributed by atoms with Gasteiger partial charge in [0.05, 0.1) is 18.2 Å². The number of carbonyl (C=O) groups excluding carboxylic acids is 1. The van der Waals surface area contributed by atoms with Crippen molar-refractivity contribution < 1.29 is 14.3 Å². The summed E-state index contributed by atoms with van der Waals surface area (Å²) < 4.78 is 11.6. The molecular weight excluding hydrogens is 352 g/mol. The molecule has 0 aliphatic carbocycles. The minimum atomic E-state index is -0.00702. The van der Waals surface area contributed by atoms with E-state index in [-0.39, 0.29) is 11.9 Å². The van der Waals surface area contributed by atoms with E-state index in [4.69, 9.17) is 9.47 Å². The monoisotopic (exact) mass is 374 g/mol. The number of benzene rings is 2. The molecule has 1 aromatic heterocycles. The second kappa shape index (κ2) is 8.13. The molecule has 0 N–H and O–H groups in total. The number of pyridine rings is 1. The zero-order chi connectivity index (χ0) is 19.3. The fraction of sp³-hybridized carbons (Fsp3) is 0.217. The minimum absolute atomic E-state index is 0.00702. The van der Waals surface area contributed by atoms with Gasteiger partial charge in [-0.2, -0.15) is 0 Å². The molecule has 2 heterocycles. The van der Waals surface area contributed by atoms with Crippen LogP contribution in [0.25, 0.3) is 0 Å². The van der Waals surface area contributed by atoms with E-state index >= 15 is 0 Å². The van der Waals surface area contributed by atoms with Crippen LogP contribution in [0.5, 0.6) is 11.5 Å². The number of rotatable bonds is 5. The van der Waals surface area contributed by atoms with Crippen LogP contribution < -0.4 is 14.4 Å². The van der Waals surface area contributed by atoms with Gasteiger partial charge in [0.15, 0.2) is 0 Å². The quantitative estimate of drug-likeness (QED) is 0.677. The Bertz CT molecular complexity index is 959. The molecule has 1 unspecified atom stereocenters. The van der Waals surface area contributed by atoms with Gasteiger partial charge >= 0.3 is 0 Å². The van der Waals surface area contributed by atoms with Crippen LogP contribution in [0.3, 0.4) is 0 Å². The number of nitrogens with zero attached hydrogens (tertiary/aromatic N) is 2. The third-order valence-corrected chi connectivity index (χ3v) is 4.70. The van der Waals surface area contributed by atoms with Crippen molar-refractivity contribution >= 4 is 11.6 Å². The molecule has 0 saturated carbocycles. The molecule has 0 bridgehead atoms. The van der Waals surface area contributed by atoms with Crippen molar-refractivity contribution in [3.05, 3.63) is 84.2 Å². The Kier molecular flexibility index (Phi) is 5.24. The van der Waals surface area contributed by atoms with E-state index < -0.39 is 0 Å². The van der Waals surface area contributed by atoms with E-state index in [1.807, 2.05) is 72.5 Å². The Morgan fingerprint density at radius 2 is 2.00 bits per heavy atom. The highest BCUT2D eigenvalue weighted by atomic mass is 16.5. The van der Waals surface area contributed by atoms with E-state index in [1.165, 1.54) is 0 Å². The summed E-state index contributed by atoms with van der Waals surface area (Å²) in [5.74, 6) is 1.54. The number of hydrogen-bond acceptors (Lipinski definition) is 4. The second-order valence-corrected chi connectivity index (χ2v) is 6.87. The van der Waals surface area contributed by atoms with Crippen molar-refractivity contribution in [2.24, 2.45) is 0 Å². The summed E-state index contributed by atoms with van der Waals surface area (Å²) in [7, 11) is 0. The molecule has 5 heteroatoms. The van der Waals surface area contributed by atoms with Gasteiger partial charge in [-0.3, -0.25) is 9.78 Å². The van der Waals surface area contributed by atoms with E-state index in [0.29, 0.717) is 19.6 Å². The van der Waals surface area contributed by atoms with Crippen LogP contribution in [0.1, 0.15) is 18.1 Å². The van der Waals surface area contributed by atoms with Gasteiger partial charge in [-0.05, 0) is 42.8 Å². The Hall–Kier alpha value is -3.34. The van der Waals surface area contributed by atoms with Crippen LogP contribution in [0.2, 0.25) is 0 Å². The van der Waals surface area contributed by atoms with Crippen molar-refractivity contribution in [1.29, 1.82) is 0 Å². The molecule has 0 radical (unpaired) electrons. The minimum Gasteiger partial charge on any atom is -0.489 e. The lowest BCUT2D eigenvalue weighted by Crippen LogP contribution is -2.45. The molecule has 1 amide bonds. The number of hydrogen-bond donors (Lipinski definition) is 0. The number of fused-ring (bicyclic) bond motifs is 1. The van der Waals surface area contributed by atoms with Gasteiger partial charge in [0.1, 0.15) is 24.7 Å². The first-order chi connectivity index (χ1) is 13.7. The van der Waals surface area contributed by atoms with Gasteiger partial charge in [-0.25, -0.2) is 0 Å². The lowest BCUT2D eigenvalue weighted by molar-refractivity contribution is -0.118. The fourth-order valence-corrected chi connectivity index (χ4v) is 3.34. The zero-order valence-electron chi connectivity index (χ0n) is 15.7. The van der Waals surface area contributed by atoms with Gasteiger partial charge in [0.25, 0.3) is 0 Å². The summed E-state index contributed by atoms with van der Waals surface area (Å²) >= 11 is 0. The van der Waals surface area contributed by atoms with Crippen LogP contribution in [-0.2, 0) is 17.8 Å². The molecule has 5 nitrogen and oxygen atoms in total. The number of amides is 1. The molecule has 0 saturated heterocycles. The second-order valence-electron chi connectivity index (χ2n) is 6.87. The summed E-state index contributed by atoms with van der Waals surface area (Å²) in [6.07, 6.45) is 3.83. The Labute approximate surface area is 164 Å². The van der Waals surface area contributed by atoms with Crippen LogP contribution >= 0.6 is 0 Å². The average Bonchev–Trinajstić information content (AvgIpc) is 2.73. The van der Waals surface area contributed by atoms with Crippen LogP contribution in [0.15, 0.2) is 73.1 Å². The first-order valence-corrected chi connectivity index (χ1v) is 9.35. The Balaban J connectivity index is 1.46. The van der Waals surface area contributed by atoms with Gasteiger partial charge < -0.3 is 14.4 Å². The van der Waals surface area contributed by atoms with Gasteiger partial charge in [-0.15, -0.1) is 0 Å². The van der Waals surface area contributed by atoms with Crippen LogP contribution in [-0.4, -0.2) is 23.5 Å². The molecule has 28 heavy (non-hydrogen) atoms. The van der Waals surface area contributed by atoms with Crippen molar-refractivity contribution in [1.82, 2.24) is 4.98 Å². The molecule has 0 fully saturated rings. The first kappa shape index (κ1) is 18.0. The maximum absolute atomic E-state index is 13.1. The number of carbonyl (C=O) groups is 1. The summed E-state index contributed by atoms with van der Waals surface area (Å²) in [6, 6.07) is 19.2. The van der Waals surface area contributed by atoms with E-state index in [1.54, 1.807) is 12.4 Å². The van der Waals surface area contributed by atoms with E-state index in [2.05, 4.69) is 4.98 Å². The highest BCUT2D eigenvalue weighted by Crippen LogP contribution is 2.34. The normalized spacial score (nSPS) is 15.5. The number of aromatic nitrogens is 1. The summed E-state index contributed by atoms with van der Waals surface area (Å²) in [5, 5.41) is 0. The van der Waals surface area contributed by atoms with Gasteiger partial charge in [0, 0.05) is 18.0 Å². The zero-order valence-corrected chi connectivity index (χ0v) is 15.7. The number of anilines is 1. The van der Waals surface area contributed by atoms with E-state index in [9.17, 15) is 4.79 Å². The molecule has 1 aliphatic heterocycles. The van der Waals surface area contributed by atoms with Crippen molar-refractivity contribution in [3.8, 4) is 11.5 Å². The van der Waals surface area contributed by atoms with Crippen molar-refractivity contribution in [2.45, 2.75) is 26.0 Å². The predicted octanol–water partition coefficient (Wildman–Crippen LogP) is 4.02. The maximum Gasteiger partial charge on any atom is 0.231 e. The van der Waals surface area contributed by atoms with Gasteiger partial charge in [0.2, 0.25) is 5.91 Å². The summed E-state index contributed by atoms with van der Waals surface area (Å²) in [6.45, 7) is 2.94. The molecular formula is C23H22N2O3. The molecule has 2 aromatic carbocycles. The molecule has 0 spiro atoms. The molecule has 142 valence electrons. The highest BCUT2D eigenvalue weighted by molar-refractivity contribution is 5.97. The predicted molar refractivity (Wildman–Crippen MR) is 108 cm³/mol. The maximum atomic E-state index is 13.1. The summed E-state index contributed by atoms with van der Waals surface area (Å²) in [5.41, 5.74) is 2.75. The Morgan fingerprint density at radius 1 is 1.14 bits per heavy atom. The topological polar surface area (TPSA) is 51.7 Å². The third kappa shape index (κ3) is 3.98. The standard InChI is InChI=1S/C23H22N2O3/c1-17-15-28-22-10-3-2-9-21(22)25(17)23(26)13-18-6-4-8-20(12-18)27-16-19-7-5-11-24-14-19/h2-12,14,17H,13,15-16H2,1H3. The third-order valence-electron chi connectivity index (χ3n) is 4.70. The summed E-state index contributed by atoms with van der Waals surface area (Å²) in [4.78, 5) is 19.0. The van der Waals surface area contributed by atoms with E-state index in [0.717, 1.165) is 28.3 Å². The SMILES string of the molecule is CC1COc2ccccc2N1C(=O)Cc1cccc(OCc2cccnc2)c1. The molecule has 4 rings (SSSR count). The van der Waals surface area contributed by atoms with Crippen molar-refractivity contribution in [2.75, 3.05) is 11.5 Å². The van der Waals surface area contributed by atoms with Gasteiger partial charge in [-0.1, -0.05) is 30.3 Å². The Morgan fingerprint density at radius 3 is 2.86 bits per heavy atom. The molecule has 1 atom stereocenters. The van der Waals surface area contributed by atoms with Crippen molar-refractivity contribution in [3.63, 3.8) is 0 Å². The lowest BCUT2D eigenvalue weighted by Gasteiger charge is -2.35. The average molecular weight is 374 g/mol. The van der Waals surface area contributed by atoms with Crippen LogP contribution in [0.4, 0.5) is 5.69 Å². The highest BCUT2D eigenvalue weighted by Gasteiger charge is 2.29.